The number of nitrogens with one attached hydrogen (secondary N) is 1. The second-order valence-corrected chi connectivity index (χ2v) is 7.43. The third kappa shape index (κ3) is 3.75. The van der Waals surface area contributed by atoms with E-state index in [0.29, 0.717) is 6.54 Å². The molecule has 1 amide bonds. The minimum atomic E-state index is 0.0116. The van der Waals surface area contributed by atoms with Crippen molar-refractivity contribution in [3.63, 3.8) is 0 Å². The number of carbonyl (C=O) groups excluding carboxylic acids is 1. The first kappa shape index (κ1) is 18.4. The fourth-order valence-electron chi connectivity index (χ4n) is 4.39. The van der Waals surface area contributed by atoms with Gasteiger partial charge in [0.15, 0.2) is 0 Å². The number of hydrogen-bond donors (Lipinski definition) is 1. The summed E-state index contributed by atoms with van der Waals surface area (Å²) in [5.41, 5.74) is 2.56. The number of aromatic nitrogens is 2. The molecule has 6 heteroatoms. The Kier molecular flexibility index (Phi) is 5.79. The molecule has 0 unspecified atom stereocenters. The summed E-state index contributed by atoms with van der Waals surface area (Å²) >= 11 is 0. The van der Waals surface area contributed by atoms with Gasteiger partial charge >= 0.3 is 0 Å². The Morgan fingerprint density at radius 3 is 2.48 bits per heavy atom. The lowest BCUT2D eigenvalue weighted by Crippen LogP contribution is -2.59. The molecule has 2 aliphatic rings. The summed E-state index contributed by atoms with van der Waals surface area (Å²) in [6.45, 7) is 11.3. The number of piperidine rings is 1. The van der Waals surface area contributed by atoms with Gasteiger partial charge in [-0.25, -0.2) is 0 Å². The van der Waals surface area contributed by atoms with E-state index >= 15 is 0 Å². The van der Waals surface area contributed by atoms with Crippen LogP contribution in [0.1, 0.15) is 60.8 Å². The van der Waals surface area contributed by atoms with Crippen molar-refractivity contribution >= 4 is 5.91 Å². The highest BCUT2D eigenvalue weighted by Crippen LogP contribution is 2.30. The molecule has 0 radical (unpaired) electrons. The molecule has 1 aromatic rings. The number of carbonyl (C=O) groups is 1. The van der Waals surface area contributed by atoms with Gasteiger partial charge in [-0.05, 0) is 59.5 Å². The normalized spacial score (nSPS) is 21.2. The highest BCUT2D eigenvalue weighted by molar-refractivity contribution is 5.96. The molecule has 2 saturated heterocycles. The summed E-state index contributed by atoms with van der Waals surface area (Å²) in [6, 6.07) is 0. The molecule has 1 N–H and O–H groups in total. The molecule has 0 aliphatic carbocycles. The lowest BCUT2D eigenvalue weighted by molar-refractivity contribution is -0.0349. The number of ether oxygens (including phenoxy) is 1. The average molecular weight is 348 g/mol. The third-order valence-corrected chi connectivity index (χ3v) is 5.94. The molecule has 0 spiro atoms. The standard InChI is InChI=1S/C19H32N4O2/c1-4-23-16(3)17(15(2)21-23)18(24)20-14-19(8-12-25-13-9-19)22-10-6-5-7-11-22/h4-14H2,1-3H3,(H,20,24). The average Bonchev–Trinajstić information content (AvgIpc) is 2.95. The van der Waals surface area contributed by atoms with Gasteiger partial charge in [-0.1, -0.05) is 6.42 Å². The molecular weight excluding hydrogens is 316 g/mol. The van der Waals surface area contributed by atoms with Crippen LogP contribution in [0.5, 0.6) is 0 Å². The van der Waals surface area contributed by atoms with E-state index in [1.54, 1.807) is 0 Å². The summed E-state index contributed by atoms with van der Waals surface area (Å²) in [4.78, 5) is 15.5. The van der Waals surface area contributed by atoms with Crippen LogP contribution < -0.4 is 5.32 Å². The Bertz CT molecular complexity index is 599. The van der Waals surface area contributed by atoms with Gasteiger partial charge in [0.2, 0.25) is 0 Å². The molecule has 2 fully saturated rings. The molecule has 0 atom stereocenters. The van der Waals surface area contributed by atoms with Gasteiger partial charge < -0.3 is 10.1 Å². The largest absolute Gasteiger partial charge is 0.381 e. The van der Waals surface area contributed by atoms with Crippen molar-refractivity contribution in [3.8, 4) is 0 Å². The van der Waals surface area contributed by atoms with Crippen molar-refractivity contribution in [1.82, 2.24) is 20.0 Å². The number of likely N-dealkylation sites (tertiary alicyclic amines) is 1. The van der Waals surface area contributed by atoms with Crippen molar-refractivity contribution in [1.29, 1.82) is 0 Å². The molecule has 0 bridgehead atoms. The zero-order valence-electron chi connectivity index (χ0n) is 15.9. The van der Waals surface area contributed by atoms with Gasteiger partial charge in [0, 0.05) is 37.5 Å². The first-order chi connectivity index (χ1) is 12.1. The number of rotatable bonds is 5. The van der Waals surface area contributed by atoms with Crippen LogP contribution in [-0.2, 0) is 11.3 Å². The van der Waals surface area contributed by atoms with Gasteiger partial charge in [0.25, 0.3) is 5.91 Å². The fourth-order valence-corrected chi connectivity index (χ4v) is 4.39. The Morgan fingerprint density at radius 2 is 1.88 bits per heavy atom. The number of amides is 1. The van der Waals surface area contributed by atoms with Crippen molar-refractivity contribution in [2.24, 2.45) is 0 Å². The van der Waals surface area contributed by atoms with Crippen molar-refractivity contribution in [2.75, 3.05) is 32.8 Å². The minimum Gasteiger partial charge on any atom is -0.381 e. The van der Waals surface area contributed by atoms with Crippen LogP contribution >= 0.6 is 0 Å². The van der Waals surface area contributed by atoms with Crippen LogP contribution in [0, 0.1) is 13.8 Å². The molecule has 0 saturated carbocycles. The van der Waals surface area contributed by atoms with Gasteiger partial charge in [-0.15, -0.1) is 0 Å². The van der Waals surface area contributed by atoms with Gasteiger partial charge in [-0.3, -0.25) is 14.4 Å². The lowest BCUT2D eigenvalue weighted by Gasteiger charge is -2.48. The van der Waals surface area contributed by atoms with Crippen LogP contribution in [0.25, 0.3) is 0 Å². The Labute approximate surface area is 150 Å². The van der Waals surface area contributed by atoms with Crippen molar-refractivity contribution < 1.29 is 9.53 Å². The Hall–Kier alpha value is -1.40. The number of nitrogens with zero attached hydrogens (tertiary/aromatic N) is 3. The summed E-state index contributed by atoms with van der Waals surface area (Å²) in [5, 5.41) is 7.71. The zero-order valence-corrected chi connectivity index (χ0v) is 15.9. The maximum atomic E-state index is 12.9. The van der Waals surface area contributed by atoms with E-state index in [0.717, 1.165) is 62.6 Å². The minimum absolute atomic E-state index is 0.0116. The third-order valence-electron chi connectivity index (χ3n) is 5.94. The van der Waals surface area contributed by atoms with Crippen LogP contribution in [0.4, 0.5) is 0 Å². The quantitative estimate of drug-likeness (QED) is 0.887. The van der Waals surface area contributed by atoms with E-state index in [9.17, 15) is 4.79 Å². The van der Waals surface area contributed by atoms with Gasteiger partial charge in [0.1, 0.15) is 0 Å². The number of hydrogen-bond acceptors (Lipinski definition) is 4. The van der Waals surface area contributed by atoms with Crippen molar-refractivity contribution in [3.05, 3.63) is 17.0 Å². The van der Waals surface area contributed by atoms with E-state index in [1.807, 2.05) is 18.5 Å². The summed E-state index contributed by atoms with van der Waals surface area (Å²) < 4.78 is 7.51. The highest BCUT2D eigenvalue weighted by Gasteiger charge is 2.39. The van der Waals surface area contributed by atoms with Gasteiger partial charge in [-0.2, -0.15) is 5.10 Å². The highest BCUT2D eigenvalue weighted by atomic mass is 16.5. The van der Waals surface area contributed by atoms with E-state index in [4.69, 9.17) is 4.74 Å². The number of aryl methyl sites for hydroxylation is 2. The summed E-state index contributed by atoms with van der Waals surface area (Å²) in [5.74, 6) is 0.0116. The topological polar surface area (TPSA) is 59.4 Å². The van der Waals surface area contributed by atoms with E-state index < -0.39 is 0 Å². The summed E-state index contributed by atoms with van der Waals surface area (Å²) in [7, 11) is 0. The predicted octanol–water partition coefficient (Wildman–Crippen LogP) is 2.28. The molecular formula is C19H32N4O2. The molecule has 1 aromatic heterocycles. The van der Waals surface area contributed by atoms with E-state index in [2.05, 4.69) is 22.2 Å². The second-order valence-electron chi connectivity index (χ2n) is 7.43. The first-order valence-corrected chi connectivity index (χ1v) is 9.72. The molecule has 3 heterocycles. The van der Waals surface area contributed by atoms with E-state index in [-0.39, 0.29) is 11.4 Å². The second kappa shape index (κ2) is 7.87. The fraction of sp³-hybridized carbons (Fsp3) is 0.789. The molecule has 140 valence electrons. The lowest BCUT2D eigenvalue weighted by atomic mass is 9.86. The van der Waals surface area contributed by atoms with Crippen LogP contribution in [0.3, 0.4) is 0 Å². The van der Waals surface area contributed by atoms with E-state index in [1.165, 1.54) is 19.3 Å². The first-order valence-electron chi connectivity index (χ1n) is 9.72. The molecule has 3 rings (SSSR count). The molecule has 2 aliphatic heterocycles. The smallest absolute Gasteiger partial charge is 0.255 e. The SMILES string of the molecule is CCn1nc(C)c(C(=O)NCC2(N3CCCCC3)CCOCC2)c1C. The zero-order chi connectivity index (χ0) is 17.9. The molecule has 6 nitrogen and oxygen atoms in total. The monoisotopic (exact) mass is 348 g/mol. The maximum Gasteiger partial charge on any atom is 0.255 e. The van der Waals surface area contributed by atoms with Crippen molar-refractivity contribution in [2.45, 2.75) is 65.0 Å². The molecule has 0 aromatic carbocycles. The Balaban J connectivity index is 1.72. The summed E-state index contributed by atoms with van der Waals surface area (Å²) in [6.07, 6.45) is 5.85. The molecule has 25 heavy (non-hydrogen) atoms. The van der Waals surface area contributed by atoms with Crippen LogP contribution in [-0.4, -0.2) is 59.0 Å². The predicted molar refractivity (Wildman–Crippen MR) is 97.9 cm³/mol. The Morgan fingerprint density at radius 1 is 1.20 bits per heavy atom. The van der Waals surface area contributed by atoms with Crippen LogP contribution in [0.2, 0.25) is 0 Å². The van der Waals surface area contributed by atoms with Gasteiger partial charge in [0.05, 0.1) is 11.3 Å². The maximum absolute atomic E-state index is 12.9. The van der Waals surface area contributed by atoms with Crippen LogP contribution in [0.15, 0.2) is 0 Å².